The van der Waals surface area contributed by atoms with Gasteiger partial charge in [-0.3, -0.25) is 24.0 Å². The number of ether oxygens (including phenoxy) is 1. The number of benzene rings is 2. The standard InChI is InChI=1S/C36H47N5O7S/c1-23(2)18-29-34(45)40-33(24(3)42)35(46)38-14-6-7-16-41(36(47)28-22-49-30-13-5-4-12-27(28)30)17-9-15-37-32(44)21-48-26-11-8-10-25(19-26)20-31(43)39-29/h4-5,8,10-13,19,22-24,29,33,42H,6-7,9,14-18,20-21H2,1-3H3,(H,37,44)(H,38,46)(H,39,43)(H,40,45)/t24-,29-,33+/m1/s1. The molecule has 0 saturated carbocycles. The van der Waals surface area contributed by atoms with Gasteiger partial charge in [-0.2, -0.15) is 0 Å². The van der Waals surface area contributed by atoms with Crippen LogP contribution in [0.5, 0.6) is 5.75 Å². The van der Waals surface area contributed by atoms with E-state index in [1.54, 1.807) is 29.2 Å². The van der Waals surface area contributed by atoms with Gasteiger partial charge in [-0.15, -0.1) is 11.3 Å². The summed E-state index contributed by atoms with van der Waals surface area (Å²) in [5, 5.41) is 24.2. The van der Waals surface area contributed by atoms with Gasteiger partial charge < -0.3 is 36.0 Å². The quantitative estimate of drug-likeness (QED) is 0.280. The molecule has 5 amide bonds. The predicted octanol–water partition coefficient (Wildman–Crippen LogP) is 2.78. The second-order valence-corrected chi connectivity index (χ2v) is 13.6. The van der Waals surface area contributed by atoms with E-state index in [4.69, 9.17) is 4.74 Å². The van der Waals surface area contributed by atoms with Crippen molar-refractivity contribution < 1.29 is 33.8 Å². The molecule has 2 aromatic carbocycles. The van der Waals surface area contributed by atoms with Gasteiger partial charge in [0.1, 0.15) is 17.8 Å². The molecule has 1 aromatic heterocycles. The first-order valence-electron chi connectivity index (χ1n) is 16.8. The maximum Gasteiger partial charge on any atom is 0.257 e. The molecule has 49 heavy (non-hydrogen) atoms. The van der Waals surface area contributed by atoms with E-state index in [1.807, 2.05) is 43.5 Å². The summed E-state index contributed by atoms with van der Waals surface area (Å²) in [4.78, 5) is 67.5. The number of aliphatic hydroxyl groups is 1. The van der Waals surface area contributed by atoms with Gasteiger partial charge in [-0.05, 0) is 62.3 Å². The first-order valence-corrected chi connectivity index (χ1v) is 17.7. The van der Waals surface area contributed by atoms with Gasteiger partial charge in [-0.1, -0.05) is 44.2 Å². The highest BCUT2D eigenvalue weighted by molar-refractivity contribution is 7.17. The van der Waals surface area contributed by atoms with Gasteiger partial charge in [-0.25, -0.2) is 0 Å². The van der Waals surface area contributed by atoms with Crippen molar-refractivity contribution >= 4 is 51.0 Å². The number of thiophene rings is 1. The Hall–Kier alpha value is -4.49. The Kier molecular flexibility index (Phi) is 14.0. The smallest absolute Gasteiger partial charge is 0.257 e. The maximum absolute atomic E-state index is 13.7. The van der Waals surface area contributed by atoms with Crippen LogP contribution in [0.25, 0.3) is 10.1 Å². The molecule has 3 aromatic rings. The summed E-state index contributed by atoms with van der Waals surface area (Å²) < 4.78 is 6.71. The highest BCUT2D eigenvalue weighted by Gasteiger charge is 2.30. The zero-order chi connectivity index (χ0) is 35.3. The topological polar surface area (TPSA) is 166 Å². The first kappa shape index (κ1) is 37.3. The molecule has 0 aliphatic carbocycles. The fraction of sp³-hybridized carbons (Fsp3) is 0.472. The number of hydrogen-bond acceptors (Lipinski definition) is 8. The van der Waals surface area contributed by atoms with E-state index in [-0.39, 0.29) is 37.3 Å². The average molecular weight is 694 g/mol. The summed E-state index contributed by atoms with van der Waals surface area (Å²) in [7, 11) is 0. The number of fused-ring (bicyclic) bond motifs is 3. The van der Waals surface area contributed by atoms with Crippen LogP contribution in [0.4, 0.5) is 0 Å². The van der Waals surface area contributed by atoms with Crippen LogP contribution >= 0.6 is 11.3 Å². The predicted molar refractivity (Wildman–Crippen MR) is 188 cm³/mol. The molecule has 3 atom stereocenters. The van der Waals surface area contributed by atoms with E-state index in [9.17, 15) is 29.1 Å². The lowest BCUT2D eigenvalue weighted by molar-refractivity contribution is -0.134. The van der Waals surface area contributed by atoms with E-state index in [1.165, 1.54) is 18.3 Å². The number of nitrogens with zero attached hydrogens (tertiary/aromatic N) is 1. The molecule has 1 aliphatic rings. The third-order valence-electron chi connectivity index (χ3n) is 8.13. The van der Waals surface area contributed by atoms with Crippen molar-refractivity contribution in [2.45, 2.75) is 71.1 Å². The van der Waals surface area contributed by atoms with Crippen molar-refractivity contribution in [3.05, 3.63) is 65.0 Å². The van der Waals surface area contributed by atoms with E-state index >= 15 is 0 Å². The largest absolute Gasteiger partial charge is 0.484 e. The number of rotatable bonds is 4. The van der Waals surface area contributed by atoms with Crippen LogP contribution in [-0.4, -0.2) is 90.5 Å². The first-order chi connectivity index (χ1) is 23.5. The molecule has 2 heterocycles. The van der Waals surface area contributed by atoms with Crippen molar-refractivity contribution in [2.75, 3.05) is 32.8 Å². The second-order valence-electron chi connectivity index (χ2n) is 12.7. The zero-order valence-electron chi connectivity index (χ0n) is 28.3. The molecule has 5 N–H and O–H groups in total. The summed E-state index contributed by atoms with van der Waals surface area (Å²) in [6, 6.07) is 12.4. The normalized spacial score (nSPS) is 20.3. The average Bonchev–Trinajstić information content (AvgIpc) is 3.50. The molecular weight excluding hydrogens is 646 g/mol. The molecule has 0 saturated heterocycles. The summed E-state index contributed by atoms with van der Waals surface area (Å²) in [6.45, 7) is 6.49. The Labute approximate surface area is 291 Å². The lowest BCUT2D eigenvalue weighted by Gasteiger charge is -2.26. The minimum absolute atomic E-state index is 0.0397. The zero-order valence-corrected chi connectivity index (χ0v) is 29.1. The van der Waals surface area contributed by atoms with Crippen LogP contribution in [0.3, 0.4) is 0 Å². The van der Waals surface area contributed by atoms with Crippen molar-refractivity contribution in [1.29, 1.82) is 0 Å². The third-order valence-corrected chi connectivity index (χ3v) is 9.10. The Balaban J connectivity index is 1.50. The summed E-state index contributed by atoms with van der Waals surface area (Å²) >= 11 is 1.51. The van der Waals surface area contributed by atoms with Crippen LogP contribution in [0.2, 0.25) is 0 Å². The maximum atomic E-state index is 13.7. The van der Waals surface area contributed by atoms with Crippen LogP contribution in [0, 0.1) is 5.92 Å². The molecule has 264 valence electrons. The Morgan fingerprint density at radius 3 is 2.45 bits per heavy atom. The van der Waals surface area contributed by atoms with E-state index in [0.717, 1.165) is 10.1 Å². The number of aliphatic hydroxyl groups excluding tert-OH is 1. The molecule has 0 fully saturated rings. The van der Waals surface area contributed by atoms with Crippen LogP contribution in [0.1, 0.15) is 62.4 Å². The molecule has 4 rings (SSSR count). The monoisotopic (exact) mass is 693 g/mol. The van der Waals surface area contributed by atoms with E-state index in [2.05, 4.69) is 21.3 Å². The Morgan fingerprint density at radius 2 is 1.67 bits per heavy atom. The van der Waals surface area contributed by atoms with Crippen LogP contribution < -0.4 is 26.0 Å². The summed E-state index contributed by atoms with van der Waals surface area (Å²) in [5.41, 5.74) is 1.25. The van der Waals surface area contributed by atoms with Gasteiger partial charge in [0.2, 0.25) is 17.7 Å². The lowest BCUT2D eigenvalue weighted by atomic mass is 10.0. The third kappa shape index (κ3) is 11.3. The molecule has 13 heteroatoms. The number of hydrogen-bond donors (Lipinski definition) is 5. The van der Waals surface area contributed by atoms with Gasteiger partial charge in [0, 0.05) is 41.6 Å². The van der Waals surface area contributed by atoms with Crippen molar-refractivity contribution in [3.63, 3.8) is 0 Å². The van der Waals surface area contributed by atoms with Gasteiger partial charge in [0.15, 0.2) is 6.61 Å². The van der Waals surface area contributed by atoms with Gasteiger partial charge in [0.05, 0.1) is 18.1 Å². The highest BCUT2D eigenvalue weighted by Crippen LogP contribution is 2.27. The molecule has 1 aliphatic heterocycles. The Morgan fingerprint density at radius 1 is 0.918 bits per heavy atom. The number of carbonyl (C=O) groups is 5. The van der Waals surface area contributed by atoms with E-state index < -0.39 is 35.9 Å². The van der Waals surface area contributed by atoms with Gasteiger partial charge >= 0.3 is 0 Å². The van der Waals surface area contributed by atoms with Crippen LogP contribution in [0.15, 0.2) is 53.9 Å². The molecule has 2 bridgehead atoms. The minimum Gasteiger partial charge on any atom is -0.484 e. The van der Waals surface area contributed by atoms with Crippen molar-refractivity contribution in [3.8, 4) is 5.75 Å². The molecular formula is C36H47N5O7S. The molecule has 0 radical (unpaired) electrons. The molecule has 0 spiro atoms. The lowest BCUT2D eigenvalue weighted by Crippen LogP contribution is -2.57. The number of nitrogens with one attached hydrogen (secondary N) is 4. The van der Waals surface area contributed by atoms with Crippen molar-refractivity contribution in [1.82, 2.24) is 26.2 Å². The Bertz CT molecular complexity index is 1610. The van der Waals surface area contributed by atoms with Crippen molar-refractivity contribution in [2.24, 2.45) is 5.92 Å². The molecule has 0 unspecified atom stereocenters. The SMILES string of the molecule is CC(C)C[C@H]1NC(=O)Cc2cccc(c2)OCC(=O)NCCCN(C(=O)c2csc3ccccc23)CCCCNC(=O)[C@H]([C@@H](C)O)NC1=O. The van der Waals surface area contributed by atoms with Crippen LogP contribution in [-0.2, 0) is 25.6 Å². The second kappa shape index (κ2) is 18.3. The summed E-state index contributed by atoms with van der Waals surface area (Å²) in [5.74, 6) is -1.46. The van der Waals surface area contributed by atoms with E-state index in [0.29, 0.717) is 62.2 Å². The highest BCUT2D eigenvalue weighted by atomic mass is 32.1. The fourth-order valence-corrected chi connectivity index (χ4v) is 6.55. The van der Waals surface area contributed by atoms with Gasteiger partial charge in [0.25, 0.3) is 11.8 Å². The number of carbonyl (C=O) groups excluding carboxylic acids is 5. The summed E-state index contributed by atoms with van der Waals surface area (Å²) in [6.07, 6.45) is 0.744. The minimum atomic E-state index is -1.22. The fourth-order valence-electron chi connectivity index (χ4n) is 5.61. The molecule has 12 nitrogen and oxygen atoms in total. The number of amides is 5.